The largest absolute Gasteiger partial charge is 0.365 e. The third-order valence-electron chi connectivity index (χ3n) is 3.43. The fraction of sp³-hybridized carbons (Fsp3) is 0.583. The summed E-state index contributed by atoms with van der Waals surface area (Å²) in [4.78, 5) is 15.9. The second kappa shape index (κ2) is 5.21. The number of aromatic nitrogens is 4. The van der Waals surface area contributed by atoms with Gasteiger partial charge in [-0.15, -0.1) is 11.6 Å². The first-order valence-corrected chi connectivity index (χ1v) is 6.81. The Morgan fingerprint density at radius 1 is 1.58 bits per heavy atom. The van der Waals surface area contributed by atoms with Crippen molar-refractivity contribution in [1.29, 1.82) is 0 Å². The van der Waals surface area contributed by atoms with Crippen LogP contribution in [-0.2, 0) is 0 Å². The normalized spacial score (nSPS) is 14.5. The van der Waals surface area contributed by atoms with Crippen molar-refractivity contribution in [1.82, 2.24) is 19.6 Å². The molecule has 7 heteroatoms. The number of aryl methyl sites for hydroxylation is 1. The summed E-state index contributed by atoms with van der Waals surface area (Å²) in [6.07, 6.45) is 1.77. The molecular formula is C12H18ClN5O. The first kappa shape index (κ1) is 13.9. The van der Waals surface area contributed by atoms with Gasteiger partial charge in [-0.1, -0.05) is 6.92 Å². The standard InChI is InChI=1S/C12H18ClN5O/c1-4-12(3,5-6-13)15-9-7-10-16-17-11(19)18(10)8(2)14-9/h7,15H,4-6H2,1-3H3,(H,17,19). The van der Waals surface area contributed by atoms with Gasteiger partial charge in [-0.2, -0.15) is 5.10 Å². The molecule has 104 valence electrons. The smallest absolute Gasteiger partial charge is 0.349 e. The molecule has 0 fully saturated rings. The van der Waals surface area contributed by atoms with E-state index in [1.165, 1.54) is 4.40 Å². The molecule has 2 aromatic heterocycles. The number of halogens is 1. The number of hydrogen-bond donors (Lipinski definition) is 2. The number of aromatic amines is 1. The summed E-state index contributed by atoms with van der Waals surface area (Å²) < 4.78 is 1.44. The highest BCUT2D eigenvalue weighted by molar-refractivity contribution is 6.17. The summed E-state index contributed by atoms with van der Waals surface area (Å²) in [5.41, 5.74) is 0.172. The molecule has 2 heterocycles. The van der Waals surface area contributed by atoms with Crippen LogP contribution in [0.3, 0.4) is 0 Å². The number of anilines is 1. The Kier molecular flexibility index (Phi) is 3.80. The molecule has 2 aromatic rings. The van der Waals surface area contributed by atoms with Crippen LogP contribution in [-0.4, -0.2) is 31.0 Å². The van der Waals surface area contributed by atoms with Gasteiger partial charge in [-0.05, 0) is 26.7 Å². The van der Waals surface area contributed by atoms with Crippen LogP contribution in [0, 0.1) is 6.92 Å². The van der Waals surface area contributed by atoms with Crippen molar-refractivity contribution >= 4 is 23.1 Å². The molecule has 0 amide bonds. The van der Waals surface area contributed by atoms with E-state index in [2.05, 4.69) is 34.3 Å². The molecule has 0 saturated heterocycles. The first-order chi connectivity index (χ1) is 8.99. The number of nitrogens with zero attached hydrogens (tertiary/aromatic N) is 3. The molecule has 0 aliphatic carbocycles. The lowest BCUT2D eigenvalue weighted by atomic mass is 9.95. The maximum atomic E-state index is 11.5. The van der Waals surface area contributed by atoms with E-state index in [-0.39, 0.29) is 11.2 Å². The van der Waals surface area contributed by atoms with Crippen LogP contribution in [0.1, 0.15) is 32.5 Å². The van der Waals surface area contributed by atoms with Gasteiger partial charge in [0.1, 0.15) is 11.6 Å². The minimum Gasteiger partial charge on any atom is -0.365 e. The van der Waals surface area contributed by atoms with E-state index in [0.29, 0.717) is 23.2 Å². The Labute approximate surface area is 116 Å². The van der Waals surface area contributed by atoms with Crippen LogP contribution in [0.25, 0.3) is 5.65 Å². The van der Waals surface area contributed by atoms with Crippen molar-refractivity contribution in [2.24, 2.45) is 0 Å². The fourth-order valence-electron chi connectivity index (χ4n) is 2.01. The lowest BCUT2D eigenvalue weighted by molar-refractivity contribution is 0.479. The molecule has 0 saturated carbocycles. The Balaban J connectivity index is 2.38. The molecule has 19 heavy (non-hydrogen) atoms. The minimum absolute atomic E-state index is 0.115. The monoisotopic (exact) mass is 283 g/mol. The van der Waals surface area contributed by atoms with Crippen LogP contribution in [0.5, 0.6) is 0 Å². The number of nitrogens with one attached hydrogen (secondary N) is 2. The zero-order valence-corrected chi connectivity index (χ0v) is 12.1. The molecule has 2 N–H and O–H groups in total. The average molecular weight is 284 g/mol. The lowest BCUT2D eigenvalue weighted by Gasteiger charge is -2.29. The highest BCUT2D eigenvalue weighted by atomic mass is 35.5. The Hall–Kier alpha value is -1.56. The van der Waals surface area contributed by atoms with Crippen molar-refractivity contribution in [2.75, 3.05) is 11.2 Å². The molecule has 0 bridgehead atoms. The number of alkyl halides is 1. The van der Waals surface area contributed by atoms with Crippen molar-refractivity contribution in [3.63, 3.8) is 0 Å². The molecule has 0 aromatic carbocycles. The van der Waals surface area contributed by atoms with Gasteiger partial charge in [0, 0.05) is 17.5 Å². The molecule has 0 radical (unpaired) electrons. The minimum atomic E-state index is -0.273. The summed E-state index contributed by atoms with van der Waals surface area (Å²) >= 11 is 5.84. The van der Waals surface area contributed by atoms with E-state index >= 15 is 0 Å². The average Bonchev–Trinajstić information content (AvgIpc) is 2.71. The Bertz CT molecular complexity index is 635. The molecule has 1 unspecified atom stereocenters. The number of hydrogen-bond acceptors (Lipinski definition) is 4. The van der Waals surface area contributed by atoms with E-state index < -0.39 is 0 Å². The lowest BCUT2D eigenvalue weighted by Crippen LogP contribution is -2.35. The van der Waals surface area contributed by atoms with Crippen molar-refractivity contribution < 1.29 is 0 Å². The Morgan fingerprint density at radius 2 is 2.32 bits per heavy atom. The first-order valence-electron chi connectivity index (χ1n) is 6.28. The van der Waals surface area contributed by atoms with Gasteiger partial charge in [0.2, 0.25) is 0 Å². The Morgan fingerprint density at radius 3 is 2.95 bits per heavy atom. The van der Waals surface area contributed by atoms with Crippen LogP contribution in [0.15, 0.2) is 10.9 Å². The molecular weight excluding hydrogens is 266 g/mol. The molecule has 1 atom stereocenters. The van der Waals surface area contributed by atoms with E-state index in [0.717, 1.165) is 12.8 Å². The fourth-order valence-corrected chi connectivity index (χ4v) is 2.42. The molecule has 6 nitrogen and oxygen atoms in total. The summed E-state index contributed by atoms with van der Waals surface area (Å²) in [6.45, 7) is 5.98. The van der Waals surface area contributed by atoms with Crippen LogP contribution in [0.2, 0.25) is 0 Å². The highest BCUT2D eigenvalue weighted by Gasteiger charge is 2.22. The summed E-state index contributed by atoms with van der Waals surface area (Å²) in [5.74, 6) is 1.89. The number of fused-ring (bicyclic) bond motifs is 1. The maximum Gasteiger partial charge on any atom is 0.349 e. The highest BCUT2D eigenvalue weighted by Crippen LogP contribution is 2.21. The molecule has 0 aliphatic rings. The van der Waals surface area contributed by atoms with Gasteiger partial charge in [0.25, 0.3) is 0 Å². The summed E-state index contributed by atoms with van der Waals surface area (Å²) in [5, 5.41) is 9.76. The van der Waals surface area contributed by atoms with E-state index in [9.17, 15) is 4.79 Å². The third-order valence-corrected chi connectivity index (χ3v) is 3.62. The van der Waals surface area contributed by atoms with Gasteiger partial charge in [-0.25, -0.2) is 19.3 Å². The number of H-pyrrole nitrogens is 1. The summed E-state index contributed by atoms with van der Waals surface area (Å²) in [6, 6.07) is 1.76. The van der Waals surface area contributed by atoms with Crippen LogP contribution in [0.4, 0.5) is 5.82 Å². The van der Waals surface area contributed by atoms with E-state index in [4.69, 9.17) is 11.6 Å². The van der Waals surface area contributed by atoms with Crippen LogP contribution < -0.4 is 11.0 Å². The van der Waals surface area contributed by atoms with Crippen molar-refractivity contribution in [3.8, 4) is 0 Å². The van der Waals surface area contributed by atoms with E-state index in [1.807, 2.05) is 0 Å². The molecule has 0 spiro atoms. The van der Waals surface area contributed by atoms with Crippen molar-refractivity contribution in [2.45, 2.75) is 39.2 Å². The zero-order valence-electron chi connectivity index (χ0n) is 11.3. The number of rotatable bonds is 5. The van der Waals surface area contributed by atoms with Gasteiger partial charge in [0.15, 0.2) is 5.65 Å². The van der Waals surface area contributed by atoms with E-state index in [1.54, 1.807) is 13.0 Å². The topological polar surface area (TPSA) is 75.1 Å². The predicted octanol–water partition coefficient (Wildman–Crippen LogP) is 1.94. The van der Waals surface area contributed by atoms with Crippen LogP contribution >= 0.6 is 11.6 Å². The van der Waals surface area contributed by atoms with Gasteiger partial charge >= 0.3 is 5.69 Å². The van der Waals surface area contributed by atoms with Gasteiger partial charge in [0.05, 0.1) is 0 Å². The summed E-state index contributed by atoms with van der Waals surface area (Å²) in [7, 11) is 0. The maximum absolute atomic E-state index is 11.5. The van der Waals surface area contributed by atoms with Crippen molar-refractivity contribution in [3.05, 3.63) is 22.4 Å². The SMILES string of the molecule is CCC(C)(CCCl)Nc1cc2n[nH]c(=O)n2c(C)n1. The quantitative estimate of drug-likeness (QED) is 0.822. The predicted molar refractivity (Wildman–Crippen MR) is 76.0 cm³/mol. The van der Waals surface area contributed by atoms with Gasteiger partial charge < -0.3 is 5.32 Å². The molecule has 0 aliphatic heterocycles. The second-order valence-corrected chi connectivity index (χ2v) is 5.27. The molecule has 2 rings (SSSR count). The van der Waals surface area contributed by atoms with Gasteiger partial charge in [-0.3, -0.25) is 0 Å². The second-order valence-electron chi connectivity index (χ2n) is 4.89. The zero-order chi connectivity index (χ0) is 14.0. The third kappa shape index (κ3) is 2.73.